The summed E-state index contributed by atoms with van der Waals surface area (Å²) in [6, 6.07) is 2.50. The molecule has 116 valence electrons. The highest BCUT2D eigenvalue weighted by atomic mass is 79.9. The van der Waals surface area contributed by atoms with Crippen molar-refractivity contribution in [3.05, 3.63) is 41.2 Å². The van der Waals surface area contributed by atoms with Crippen LogP contribution in [0.1, 0.15) is 18.3 Å². The van der Waals surface area contributed by atoms with Crippen LogP contribution in [0.4, 0.5) is 13.2 Å². The zero-order chi connectivity index (χ0) is 15.1. The SMILES string of the molecule is C=CCn1c(C)[n+](CC)c2cc(Cl)c(C(F)(F)F)cc21.[Br-]. The second kappa shape index (κ2) is 6.40. The predicted molar refractivity (Wildman–Crippen MR) is 72.8 cm³/mol. The molecular weight excluding hydrogens is 369 g/mol. The van der Waals surface area contributed by atoms with Crippen LogP contribution in [0.25, 0.3) is 11.0 Å². The second-order valence-electron chi connectivity index (χ2n) is 4.51. The smallest absolute Gasteiger partial charge is 0.418 e. The molecule has 1 aromatic heterocycles. The second-order valence-corrected chi connectivity index (χ2v) is 4.92. The highest BCUT2D eigenvalue weighted by Crippen LogP contribution is 2.36. The first kappa shape index (κ1) is 18.0. The number of nitrogens with zero attached hydrogens (tertiary/aromatic N) is 2. The summed E-state index contributed by atoms with van der Waals surface area (Å²) in [6.07, 6.45) is -2.80. The van der Waals surface area contributed by atoms with Crippen LogP contribution in [0.2, 0.25) is 5.02 Å². The van der Waals surface area contributed by atoms with Gasteiger partial charge in [-0.15, -0.1) is 0 Å². The molecule has 0 N–H and O–H groups in total. The molecule has 0 radical (unpaired) electrons. The first-order valence-corrected chi connectivity index (χ1v) is 6.59. The largest absolute Gasteiger partial charge is 1.00 e. The van der Waals surface area contributed by atoms with Crippen molar-refractivity contribution >= 4 is 22.6 Å². The average molecular weight is 384 g/mol. The average Bonchev–Trinajstić information content (AvgIpc) is 2.60. The van der Waals surface area contributed by atoms with Crippen LogP contribution in [0, 0.1) is 6.92 Å². The van der Waals surface area contributed by atoms with E-state index in [0.717, 1.165) is 11.9 Å². The van der Waals surface area contributed by atoms with Gasteiger partial charge in [-0.2, -0.15) is 13.2 Å². The zero-order valence-electron chi connectivity index (χ0n) is 11.6. The molecule has 0 amide bonds. The summed E-state index contributed by atoms with van der Waals surface area (Å²) < 4.78 is 42.6. The number of hydrogen-bond acceptors (Lipinski definition) is 0. The third-order valence-corrected chi connectivity index (χ3v) is 3.67. The van der Waals surface area contributed by atoms with Crippen LogP contribution in [0.15, 0.2) is 24.8 Å². The van der Waals surface area contributed by atoms with Gasteiger partial charge in [0.25, 0.3) is 5.82 Å². The predicted octanol–water partition coefficient (Wildman–Crippen LogP) is 1.12. The fraction of sp³-hybridized carbons (Fsp3) is 0.357. The van der Waals surface area contributed by atoms with Crippen LogP contribution in [-0.2, 0) is 19.3 Å². The van der Waals surface area contributed by atoms with E-state index in [2.05, 4.69) is 6.58 Å². The molecule has 1 heterocycles. The first-order chi connectivity index (χ1) is 9.31. The van der Waals surface area contributed by atoms with Crippen LogP contribution < -0.4 is 21.5 Å². The van der Waals surface area contributed by atoms with Gasteiger partial charge < -0.3 is 17.0 Å². The molecule has 2 aromatic rings. The number of rotatable bonds is 3. The van der Waals surface area contributed by atoms with Crippen molar-refractivity contribution in [1.82, 2.24) is 4.57 Å². The van der Waals surface area contributed by atoms with E-state index in [9.17, 15) is 13.2 Å². The lowest BCUT2D eigenvalue weighted by Crippen LogP contribution is -3.00. The Morgan fingerprint density at radius 2 is 2.00 bits per heavy atom. The van der Waals surface area contributed by atoms with Gasteiger partial charge in [0.05, 0.1) is 17.1 Å². The van der Waals surface area contributed by atoms with Gasteiger partial charge in [-0.05, 0) is 6.92 Å². The van der Waals surface area contributed by atoms with Crippen molar-refractivity contribution in [1.29, 1.82) is 0 Å². The minimum Gasteiger partial charge on any atom is -1.00 e. The van der Waals surface area contributed by atoms with Crippen LogP contribution >= 0.6 is 11.6 Å². The van der Waals surface area contributed by atoms with E-state index in [1.807, 2.05) is 18.4 Å². The maximum atomic E-state index is 13.0. The molecular formula is C14H15BrClF3N2. The van der Waals surface area contributed by atoms with E-state index in [0.29, 0.717) is 24.1 Å². The summed E-state index contributed by atoms with van der Waals surface area (Å²) in [5, 5.41) is -0.275. The molecule has 0 unspecified atom stereocenters. The Balaban J connectivity index is 0.00000220. The molecule has 0 saturated heterocycles. The monoisotopic (exact) mass is 382 g/mol. The Morgan fingerprint density at radius 1 is 1.38 bits per heavy atom. The fourth-order valence-corrected chi connectivity index (χ4v) is 2.72. The van der Waals surface area contributed by atoms with Crippen molar-refractivity contribution in [3.8, 4) is 0 Å². The summed E-state index contributed by atoms with van der Waals surface area (Å²) in [5.41, 5.74) is 0.406. The molecule has 0 aliphatic heterocycles. The quantitative estimate of drug-likeness (QED) is 0.555. The Morgan fingerprint density at radius 3 is 2.48 bits per heavy atom. The summed E-state index contributed by atoms with van der Waals surface area (Å²) >= 11 is 5.79. The van der Waals surface area contributed by atoms with Crippen molar-refractivity contribution in [3.63, 3.8) is 0 Å². The molecule has 0 fully saturated rings. The van der Waals surface area contributed by atoms with Crippen molar-refractivity contribution in [2.45, 2.75) is 33.1 Å². The molecule has 0 aliphatic rings. The van der Waals surface area contributed by atoms with Gasteiger partial charge in [0, 0.05) is 19.1 Å². The number of halogens is 5. The Labute approximate surface area is 136 Å². The number of aryl methyl sites for hydroxylation is 1. The van der Waals surface area contributed by atoms with E-state index in [1.165, 1.54) is 6.07 Å². The number of aromatic nitrogens is 2. The Hall–Kier alpha value is -1.01. The minimum absolute atomic E-state index is 0. The molecule has 0 aliphatic carbocycles. The summed E-state index contributed by atoms with van der Waals surface area (Å²) in [7, 11) is 0. The highest BCUT2D eigenvalue weighted by molar-refractivity contribution is 6.32. The van der Waals surface area contributed by atoms with Crippen LogP contribution in [-0.4, -0.2) is 4.57 Å². The van der Waals surface area contributed by atoms with E-state index >= 15 is 0 Å². The molecule has 2 rings (SSSR count). The van der Waals surface area contributed by atoms with Crippen LogP contribution in [0.3, 0.4) is 0 Å². The van der Waals surface area contributed by atoms with Gasteiger partial charge in [-0.25, -0.2) is 9.13 Å². The lowest BCUT2D eigenvalue weighted by atomic mass is 10.2. The van der Waals surface area contributed by atoms with E-state index < -0.39 is 11.7 Å². The molecule has 0 bridgehead atoms. The molecule has 0 atom stereocenters. The number of alkyl halides is 3. The first-order valence-electron chi connectivity index (χ1n) is 6.21. The lowest BCUT2D eigenvalue weighted by Gasteiger charge is -2.08. The number of benzene rings is 1. The third kappa shape index (κ3) is 3.11. The molecule has 0 spiro atoms. The topological polar surface area (TPSA) is 8.81 Å². The zero-order valence-corrected chi connectivity index (χ0v) is 14.0. The van der Waals surface area contributed by atoms with Crippen molar-refractivity contribution < 1.29 is 34.7 Å². The highest BCUT2D eigenvalue weighted by Gasteiger charge is 2.35. The molecule has 2 nitrogen and oxygen atoms in total. The fourth-order valence-electron chi connectivity index (χ4n) is 2.45. The van der Waals surface area contributed by atoms with E-state index in [1.54, 1.807) is 10.6 Å². The van der Waals surface area contributed by atoms with Crippen molar-refractivity contribution in [2.75, 3.05) is 0 Å². The molecule has 21 heavy (non-hydrogen) atoms. The summed E-state index contributed by atoms with van der Waals surface area (Å²) in [5.74, 6) is 0.873. The standard InChI is InChI=1S/C14H15ClF3N2.BrH/c1-4-6-20-9(3)19(5-2)13-8-11(15)10(7-12(13)20)14(16,17)18;/h4,7-8H,1,5-6H2,2-3H3;1H/q+1;/p-1. The van der Waals surface area contributed by atoms with E-state index in [-0.39, 0.29) is 22.0 Å². The van der Waals surface area contributed by atoms with Gasteiger partial charge >= 0.3 is 6.18 Å². The molecule has 7 heteroatoms. The normalized spacial score (nSPS) is 11.5. The summed E-state index contributed by atoms with van der Waals surface area (Å²) in [4.78, 5) is 0. The lowest BCUT2D eigenvalue weighted by molar-refractivity contribution is -0.674. The van der Waals surface area contributed by atoms with Gasteiger partial charge in [0.1, 0.15) is 6.54 Å². The number of imidazole rings is 1. The maximum absolute atomic E-state index is 13.0. The number of hydrogen-bond donors (Lipinski definition) is 0. The summed E-state index contributed by atoms with van der Waals surface area (Å²) in [6.45, 7) is 8.57. The van der Waals surface area contributed by atoms with Gasteiger partial charge in [-0.1, -0.05) is 24.3 Å². The van der Waals surface area contributed by atoms with Gasteiger partial charge in [0.15, 0.2) is 11.0 Å². The minimum atomic E-state index is -4.46. The van der Waals surface area contributed by atoms with E-state index in [4.69, 9.17) is 11.6 Å². The number of allylic oxidation sites excluding steroid dienone is 1. The maximum Gasteiger partial charge on any atom is 0.418 e. The Bertz CT molecular complexity index is 677. The Kier molecular flexibility index (Phi) is 5.50. The third-order valence-electron chi connectivity index (χ3n) is 3.36. The molecule has 0 saturated carbocycles. The van der Waals surface area contributed by atoms with Gasteiger partial charge in [-0.3, -0.25) is 0 Å². The van der Waals surface area contributed by atoms with Gasteiger partial charge in [0.2, 0.25) is 0 Å². The number of fused-ring (bicyclic) bond motifs is 1. The molecule has 1 aromatic carbocycles. The van der Waals surface area contributed by atoms with Crippen molar-refractivity contribution in [2.24, 2.45) is 0 Å². The van der Waals surface area contributed by atoms with Crippen LogP contribution in [0.5, 0.6) is 0 Å².